The summed E-state index contributed by atoms with van der Waals surface area (Å²) in [5, 5.41) is 3.64. The summed E-state index contributed by atoms with van der Waals surface area (Å²) in [6.45, 7) is 1.37. The third-order valence-corrected chi connectivity index (χ3v) is 5.05. The van der Waals surface area contributed by atoms with E-state index in [2.05, 4.69) is 27.3 Å². The van der Waals surface area contributed by atoms with Gasteiger partial charge in [0.1, 0.15) is 5.82 Å². The maximum absolute atomic E-state index is 12.5. The van der Waals surface area contributed by atoms with Gasteiger partial charge in [-0.2, -0.15) is 0 Å². The summed E-state index contributed by atoms with van der Waals surface area (Å²) in [4.78, 5) is 18.9. The zero-order valence-electron chi connectivity index (χ0n) is 13.9. The van der Waals surface area contributed by atoms with E-state index in [1.807, 2.05) is 30.3 Å². The predicted octanol–water partition coefficient (Wildman–Crippen LogP) is 4.39. The lowest BCUT2D eigenvalue weighted by Gasteiger charge is -2.27. The van der Waals surface area contributed by atoms with Gasteiger partial charge in [0.15, 0.2) is 0 Å². The van der Waals surface area contributed by atoms with Gasteiger partial charge in [0.25, 0.3) is 5.91 Å². The first kappa shape index (κ1) is 16.2. The number of nitrogens with zero attached hydrogens (tertiary/aromatic N) is 2. The van der Waals surface area contributed by atoms with Crippen molar-refractivity contribution in [2.45, 2.75) is 25.2 Å². The smallest absolute Gasteiger partial charge is 0.251 e. The van der Waals surface area contributed by atoms with E-state index < -0.39 is 0 Å². The third kappa shape index (κ3) is 3.69. The Morgan fingerprint density at radius 2 is 2.00 bits per heavy atom. The van der Waals surface area contributed by atoms with Gasteiger partial charge < -0.3 is 10.2 Å². The van der Waals surface area contributed by atoms with Gasteiger partial charge in [-0.05, 0) is 55.0 Å². The van der Waals surface area contributed by atoms with E-state index in [1.54, 1.807) is 6.20 Å². The molecule has 0 spiro atoms. The van der Waals surface area contributed by atoms with E-state index in [4.69, 9.17) is 11.6 Å². The number of aromatic nitrogens is 1. The second-order valence-corrected chi connectivity index (χ2v) is 6.99. The molecule has 1 fully saturated rings. The molecule has 1 aromatic heterocycles. The van der Waals surface area contributed by atoms with Crippen LogP contribution < -0.4 is 10.2 Å². The molecule has 128 valence electrons. The maximum Gasteiger partial charge on any atom is 0.251 e. The summed E-state index contributed by atoms with van der Waals surface area (Å²) in [6, 6.07) is 11.9. The molecular formula is C20H20ClN3O. The van der Waals surface area contributed by atoms with E-state index in [0.717, 1.165) is 29.5 Å². The van der Waals surface area contributed by atoms with Crippen molar-refractivity contribution in [3.63, 3.8) is 0 Å². The zero-order chi connectivity index (χ0) is 17.2. The normalized spacial score (nSPS) is 17.2. The Morgan fingerprint density at radius 3 is 2.64 bits per heavy atom. The molecule has 1 aromatic carbocycles. The monoisotopic (exact) mass is 353 g/mol. The molecule has 0 bridgehead atoms. The molecule has 4 nitrogen and oxygen atoms in total. The van der Waals surface area contributed by atoms with Gasteiger partial charge in [-0.15, -0.1) is 0 Å². The molecule has 1 N–H and O–H groups in total. The Bertz CT molecular complexity index is 812. The molecule has 1 aliphatic heterocycles. The highest BCUT2D eigenvalue weighted by molar-refractivity contribution is 6.32. The predicted molar refractivity (Wildman–Crippen MR) is 101 cm³/mol. The van der Waals surface area contributed by atoms with Crippen LogP contribution in [0.2, 0.25) is 5.02 Å². The van der Waals surface area contributed by atoms with Crippen molar-refractivity contribution in [1.82, 2.24) is 4.98 Å². The number of benzene rings is 1. The molecule has 0 atom stereocenters. The fourth-order valence-corrected chi connectivity index (χ4v) is 3.39. The Morgan fingerprint density at radius 1 is 1.20 bits per heavy atom. The van der Waals surface area contributed by atoms with Crippen LogP contribution in [0.4, 0.5) is 11.5 Å². The van der Waals surface area contributed by atoms with Gasteiger partial charge in [0.05, 0.1) is 5.02 Å². The topological polar surface area (TPSA) is 45.2 Å². The molecule has 1 amide bonds. The van der Waals surface area contributed by atoms with Crippen molar-refractivity contribution < 1.29 is 4.79 Å². The molecule has 0 radical (unpaired) electrons. The molecule has 5 heteroatoms. The number of carbonyl (C=O) groups is 1. The number of anilines is 2. The first-order valence-corrected chi connectivity index (χ1v) is 9.04. The van der Waals surface area contributed by atoms with E-state index in [9.17, 15) is 4.79 Å². The number of hydrogen-bond acceptors (Lipinski definition) is 3. The fourth-order valence-electron chi connectivity index (χ4n) is 3.14. The van der Waals surface area contributed by atoms with Crippen LogP contribution in [-0.2, 0) is 4.79 Å². The lowest BCUT2D eigenvalue weighted by molar-refractivity contribution is -0.113. The molecule has 25 heavy (non-hydrogen) atoms. The van der Waals surface area contributed by atoms with Crippen LogP contribution in [0.5, 0.6) is 0 Å². The Labute approximate surface area is 152 Å². The first-order valence-electron chi connectivity index (χ1n) is 8.66. The highest BCUT2D eigenvalue weighted by Gasteiger charge is 2.23. The Kier molecular flexibility index (Phi) is 4.45. The molecule has 2 aliphatic rings. The SMILES string of the molecule is O=C(Nc1ccc(C2CC2)cc1)C1=CCN(c2ncccc2Cl)CC1. The summed E-state index contributed by atoms with van der Waals surface area (Å²) >= 11 is 6.20. The van der Waals surface area contributed by atoms with Gasteiger partial charge in [-0.3, -0.25) is 4.79 Å². The maximum atomic E-state index is 12.5. The van der Waals surface area contributed by atoms with Crippen LogP contribution in [0.25, 0.3) is 0 Å². The number of pyridine rings is 1. The summed E-state index contributed by atoms with van der Waals surface area (Å²) in [7, 11) is 0. The molecule has 4 rings (SSSR count). The average Bonchev–Trinajstić information content (AvgIpc) is 3.48. The van der Waals surface area contributed by atoms with Crippen molar-refractivity contribution in [3.05, 3.63) is 64.8 Å². The lowest BCUT2D eigenvalue weighted by atomic mass is 10.1. The molecule has 0 unspecified atom stereocenters. The van der Waals surface area contributed by atoms with E-state index >= 15 is 0 Å². The number of nitrogens with one attached hydrogen (secondary N) is 1. The van der Waals surface area contributed by atoms with Gasteiger partial charge >= 0.3 is 0 Å². The van der Waals surface area contributed by atoms with Crippen LogP contribution in [0, 0.1) is 0 Å². The third-order valence-electron chi connectivity index (χ3n) is 4.76. The van der Waals surface area contributed by atoms with Gasteiger partial charge in [-0.1, -0.05) is 29.8 Å². The number of rotatable bonds is 4. The van der Waals surface area contributed by atoms with Crippen molar-refractivity contribution >= 4 is 29.0 Å². The van der Waals surface area contributed by atoms with Crippen LogP contribution in [-0.4, -0.2) is 24.0 Å². The molecule has 2 aromatic rings. The first-order chi connectivity index (χ1) is 12.2. The van der Waals surface area contributed by atoms with Crippen LogP contribution in [0.3, 0.4) is 0 Å². The minimum absolute atomic E-state index is 0.0223. The molecule has 1 aliphatic carbocycles. The van der Waals surface area contributed by atoms with Crippen LogP contribution in [0.15, 0.2) is 54.2 Å². The van der Waals surface area contributed by atoms with E-state index in [-0.39, 0.29) is 5.91 Å². The second-order valence-electron chi connectivity index (χ2n) is 6.58. The number of hydrogen-bond donors (Lipinski definition) is 1. The summed E-state index contributed by atoms with van der Waals surface area (Å²) in [5.41, 5.74) is 3.04. The Balaban J connectivity index is 1.38. The highest BCUT2D eigenvalue weighted by Crippen LogP contribution is 2.40. The summed E-state index contributed by atoms with van der Waals surface area (Å²) in [5.74, 6) is 1.48. The minimum Gasteiger partial charge on any atom is -0.351 e. The molecule has 0 saturated heterocycles. The van der Waals surface area contributed by atoms with Gasteiger partial charge in [0, 0.05) is 30.5 Å². The van der Waals surface area contributed by atoms with Crippen molar-refractivity contribution in [1.29, 1.82) is 0 Å². The molecule has 2 heterocycles. The quantitative estimate of drug-likeness (QED) is 0.886. The molecule has 1 saturated carbocycles. The summed E-state index contributed by atoms with van der Waals surface area (Å²) < 4.78 is 0. The van der Waals surface area contributed by atoms with Crippen molar-refractivity contribution in [3.8, 4) is 0 Å². The standard InChI is InChI=1S/C20H20ClN3O/c21-18-2-1-11-22-19(18)24-12-9-16(10-13-24)20(25)23-17-7-5-15(6-8-17)14-3-4-14/h1-2,5-9,11,14H,3-4,10,12-13H2,(H,23,25). The number of carbonyl (C=O) groups excluding carboxylic acids is 1. The largest absolute Gasteiger partial charge is 0.351 e. The van der Waals surface area contributed by atoms with Crippen LogP contribution in [0.1, 0.15) is 30.7 Å². The fraction of sp³-hybridized carbons (Fsp3) is 0.300. The lowest BCUT2D eigenvalue weighted by Crippen LogP contribution is -2.32. The number of halogens is 1. The molecular weight excluding hydrogens is 334 g/mol. The summed E-state index contributed by atoms with van der Waals surface area (Å²) in [6.07, 6.45) is 6.95. The van der Waals surface area contributed by atoms with Crippen LogP contribution >= 0.6 is 11.6 Å². The second kappa shape index (κ2) is 6.89. The van der Waals surface area contributed by atoms with E-state index in [1.165, 1.54) is 18.4 Å². The van der Waals surface area contributed by atoms with Gasteiger partial charge in [0.2, 0.25) is 0 Å². The van der Waals surface area contributed by atoms with Crippen molar-refractivity contribution in [2.75, 3.05) is 23.3 Å². The van der Waals surface area contributed by atoms with E-state index in [0.29, 0.717) is 18.0 Å². The number of amides is 1. The zero-order valence-corrected chi connectivity index (χ0v) is 14.7. The Hall–Kier alpha value is -2.33. The minimum atomic E-state index is -0.0223. The van der Waals surface area contributed by atoms with Crippen molar-refractivity contribution in [2.24, 2.45) is 0 Å². The van der Waals surface area contributed by atoms with Gasteiger partial charge in [-0.25, -0.2) is 4.98 Å². The average molecular weight is 354 g/mol. The highest BCUT2D eigenvalue weighted by atomic mass is 35.5.